The summed E-state index contributed by atoms with van der Waals surface area (Å²) in [6.45, 7) is 9.22. The van der Waals surface area contributed by atoms with Crippen LogP contribution in [0.5, 0.6) is 0 Å². The van der Waals surface area contributed by atoms with Crippen molar-refractivity contribution in [2.45, 2.75) is 83.4 Å². The Balaban J connectivity index is 1.58. The number of alkyl halides is 2. The van der Waals surface area contributed by atoms with E-state index in [9.17, 15) is 18.7 Å². The highest BCUT2D eigenvalue weighted by Gasteiger charge is 2.50. The number of anilines is 2. The first-order valence-corrected chi connectivity index (χ1v) is 12.5. The summed E-state index contributed by atoms with van der Waals surface area (Å²) in [4.78, 5) is 15.1. The lowest BCUT2D eigenvalue weighted by atomic mass is 9.85. The van der Waals surface area contributed by atoms with Gasteiger partial charge in [0, 0.05) is 28.1 Å². The van der Waals surface area contributed by atoms with Crippen LogP contribution in [-0.2, 0) is 16.1 Å². The molecule has 1 saturated carbocycles. The van der Waals surface area contributed by atoms with E-state index in [1.165, 1.54) is 12.1 Å². The predicted molar refractivity (Wildman–Crippen MR) is 136 cm³/mol. The molecule has 37 heavy (non-hydrogen) atoms. The lowest BCUT2D eigenvalue weighted by Gasteiger charge is -2.30. The number of carbonyl (C=O) groups is 1. The molecule has 196 valence electrons. The molecule has 2 aliphatic rings. The Hall–Kier alpha value is -3.20. The fourth-order valence-electron chi connectivity index (χ4n) is 5.08. The summed E-state index contributed by atoms with van der Waals surface area (Å²) in [5.74, 6) is -4.46. The van der Waals surface area contributed by atoms with E-state index in [-0.39, 0.29) is 17.5 Å². The monoisotopic (exact) mass is 512 g/mol. The van der Waals surface area contributed by atoms with Gasteiger partial charge in [0.2, 0.25) is 5.91 Å². The molecule has 9 heteroatoms. The highest BCUT2D eigenvalue weighted by Crippen LogP contribution is 2.49. The van der Waals surface area contributed by atoms with Crippen molar-refractivity contribution in [1.82, 2.24) is 10.2 Å². The van der Waals surface area contributed by atoms with Gasteiger partial charge in [-0.15, -0.1) is 5.10 Å². The van der Waals surface area contributed by atoms with Gasteiger partial charge in [-0.3, -0.25) is 4.79 Å². The lowest BCUT2D eigenvalue weighted by molar-refractivity contribution is -0.170. The third-order valence-corrected chi connectivity index (χ3v) is 7.63. The number of aliphatic hydroxyl groups is 1. The number of aryl methyl sites for hydroxylation is 1. The van der Waals surface area contributed by atoms with Crippen LogP contribution in [0, 0.1) is 12.7 Å². The molecule has 0 radical (unpaired) electrons. The van der Waals surface area contributed by atoms with E-state index in [1.54, 1.807) is 6.92 Å². The molecule has 6 nitrogen and oxygen atoms in total. The van der Waals surface area contributed by atoms with E-state index < -0.39 is 34.4 Å². The summed E-state index contributed by atoms with van der Waals surface area (Å²) in [6, 6.07) is 7.11. The van der Waals surface area contributed by atoms with Gasteiger partial charge in [0.05, 0.1) is 22.7 Å². The summed E-state index contributed by atoms with van der Waals surface area (Å²) < 4.78 is 45.0. The Kier molecular flexibility index (Phi) is 5.60. The van der Waals surface area contributed by atoms with Crippen molar-refractivity contribution in [3.8, 4) is 0 Å². The average molecular weight is 513 g/mol. The zero-order valence-electron chi connectivity index (χ0n) is 21.8. The number of nitrogens with zero attached hydrogens (tertiary/aromatic N) is 3. The summed E-state index contributed by atoms with van der Waals surface area (Å²) >= 11 is 0. The summed E-state index contributed by atoms with van der Waals surface area (Å²) in [5, 5.41) is 23.2. The summed E-state index contributed by atoms with van der Waals surface area (Å²) in [6.07, 6.45) is 1.92. The van der Waals surface area contributed by atoms with Gasteiger partial charge in [-0.05, 0) is 78.1 Å². The first kappa shape index (κ1) is 25.4. The molecule has 5 rings (SSSR count). The van der Waals surface area contributed by atoms with Crippen LogP contribution in [0.25, 0.3) is 10.8 Å². The molecule has 0 saturated heterocycles. The quantitative estimate of drug-likeness (QED) is 0.430. The number of fused-ring (bicyclic) bond motifs is 2. The van der Waals surface area contributed by atoms with Gasteiger partial charge in [-0.1, -0.05) is 12.1 Å². The fraction of sp³-hybridized carbons (Fsp3) is 0.464. The molecule has 1 atom stereocenters. The minimum absolute atomic E-state index is 0.00836. The van der Waals surface area contributed by atoms with Crippen LogP contribution in [0.2, 0.25) is 0 Å². The predicted octanol–water partition coefficient (Wildman–Crippen LogP) is 5.90. The van der Waals surface area contributed by atoms with E-state index >= 15 is 4.39 Å². The Morgan fingerprint density at radius 3 is 2.46 bits per heavy atom. The molecule has 1 aromatic heterocycles. The molecule has 3 aromatic rings. The van der Waals surface area contributed by atoms with Crippen molar-refractivity contribution in [3.63, 3.8) is 0 Å². The Labute approximate surface area is 213 Å². The Morgan fingerprint density at radius 1 is 1.16 bits per heavy atom. The molecule has 0 spiro atoms. The van der Waals surface area contributed by atoms with Crippen molar-refractivity contribution >= 4 is 28.2 Å². The number of nitrogens with one attached hydrogen (secondary N) is 1. The first-order valence-electron chi connectivity index (χ1n) is 12.5. The van der Waals surface area contributed by atoms with Crippen LogP contribution in [0.1, 0.15) is 75.9 Å². The number of hydrogen-bond donors (Lipinski definition) is 2. The zero-order chi connectivity index (χ0) is 27.1. The van der Waals surface area contributed by atoms with E-state index in [0.717, 1.165) is 49.4 Å². The normalized spacial score (nSPS) is 18.3. The van der Waals surface area contributed by atoms with Gasteiger partial charge in [0.1, 0.15) is 11.4 Å². The van der Waals surface area contributed by atoms with E-state index in [2.05, 4.69) is 15.5 Å². The minimum atomic E-state index is -3.80. The molecule has 2 aromatic carbocycles. The molecule has 1 aliphatic carbocycles. The van der Waals surface area contributed by atoms with E-state index in [0.29, 0.717) is 16.9 Å². The second-order valence-electron chi connectivity index (χ2n) is 11.3. The lowest BCUT2D eigenvalue weighted by Crippen LogP contribution is -2.41. The van der Waals surface area contributed by atoms with Crippen LogP contribution in [0.15, 0.2) is 30.3 Å². The Bertz CT molecular complexity index is 1430. The summed E-state index contributed by atoms with van der Waals surface area (Å²) in [5.41, 5.74) is -1.52. The topological polar surface area (TPSA) is 78.4 Å². The average Bonchev–Trinajstić information content (AvgIpc) is 3.62. The Morgan fingerprint density at radius 2 is 1.84 bits per heavy atom. The standard InChI is InChI=1S/C28H31F3N4O2/c1-14(17-8-7-9-20(23(17)29)28(30,31)27(5,6)37)32-24-19-13-22-21(12-18(19)15(2)33-34-24)26(3,4)25(36)35(22)16-10-11-16/h7-9,12-14,16,37H,10-11H2,1-6H3,(H,32,34)/t14-/m1/s1. The number of amides is 1. The molecule has 1 fully saturated rings. The second kappa shape index (κ2) is 8.15. The third kappa shape index (κ3) is 3.86. The number of hydrogen-bond acceptors (Lipinski definition) is 5. The first-order chi connectivity index (χ1) is 17.2. The number of halogens is 3. The SMILES string of the molecule is Cc1nnc(N[C@H](C)c2cccc(C(F)(F)C(C)(C)O)c2F)c2cc3c(cc12)C(C)(C)C(=O)N3C1CC1. The second-order valence-corrected chi connectivity index (χ2v) is 11.3. The van der Waals surface area contributed by atoms with Gasteiger partial charge >= 0.3 is 5.92 Å². The molecule has 1 amide bonds. The molecule has 0 unspecified atom stereocenters. The van der Waals surface area contributed by atoms with Crippen molar-refractivity contribution in [2.75, 3.05) is 10.2 Å². The van der Waals surface area contributed by atoms with E-state index in [1.807, 2.05) is 37.8 Å². The largest absolute Gasteiger partial charge is 0.384 e. The zero-order valence-corrected chi connectivity index (χ0v) is 21.8. The smallest absolute Gasteiger partial charge is 0.303 e. The van der Waals surface area contributed by atoms with Crippen LogP contribution in [0.3, 0.4) is 0 Å². The van der Waals surface area contributed by atoms with Gasteiger partial charge in [-0.2, -0.15) is 13.9 Å². The van der Waals surface area contributed by atoms with Crippen LogP contribution in [0.4, 0.5) is 24.7 Å². The molecule has 2 N–H and O–H groups in total. The third-order valence-electron chi connectivity index (χ3n) is 7.63. The van der Waals surface area contributed by atoms with Crippen LogP contribution >= 0.6 is 0 Å². The van der Waals surface area contributed by atoms with Crippen molar-refractivity contribution in [3.05, 3.63) is 58.5 Å². The number of aromatic nitrogens is 2. The highest BCUT2D eigenvalue weighted by atomic mass is 19.3. The van der Waals surface area contributed by atoms with Crippen molar-refractivity contribution in [2.24, 2.45) is 0 Å². The highest BCUT2D eigenvalue weighted by molar-refractivity contribution is 6.11. The summed E-state index contributed by atoms with van der Waals surface area (Å²) in [7, 11) is 0. The molecular weight excluding hydrogens is 481 g/mol. The van der Waals surface area contributed by atoms with Gasteiger partial charge in [-0.25, -0.2) is 4.39 Å². The molecule has 1 aliphatic heterocycles. The molecule has 2 heterocycles. The maximum atomic E-state index is 15.4. The van der Waals surface area contributed by atoms with E-state index in [4.69, 9.17) is 0 Å². The molecule has 0 bridgehead atoms. The maximum Gasteiger partial charge on any atom is 0.303 e. The number of rotatable bonds is 6. The van der Waals surface area contributed by atoms with Crippen LogP contribution in [-0.4, -0.2) is 32.9 Å². The maximum absolute atomic E-state index is 15.4. The molecular formula is C28H31F3N4O2. The van der Waals surface area contributed by atoms with Crippen LogP contribution < -0.4 is 10.2 Å². The number of carbonyl (C=O) groups excluding carboxylic acids is 1. The minimum Gasteiger partial charge on any atom is -0.384 e. The number of benzene rings is 2. The fourth-order valence-corrected chi connectivity index (χ4v) is 5.08. The van der Waals surface area contributed by atoms with Gasteiger partial charge < -0.3 is 15.3 Å². The van der Waals surface area contributed by atoms with Gasteiger partial charge in [0.15, 0.2) is 5.82 Å². The van der Waals surface area contributed by atoms with Crippen molar-refractivity contribution < 1.29 is 23.1 Å². The van der Waals surface area contributed by atoms with Crippen molar-refractivity contribution in [1.29, 1.82) is 0 Å². The van der Waals surface area contributed by atoms with Gasteiger partial charge in [0.25, 0.3) is 0 Å².